The van der Waals surface area contributed by atoms with Gasteiger partial charge in [-0.05, 0) is 12.1 Å². The molecule has 0 aliphatic heterocycles. The number of nitrogens with zero attached hydrogens (tertiary/aromatic N) is 6. The Morgan fingerprint density at radius 3 is 2.67 bits per heavy atom. The van der Waals surface area contributed by atoms with E-state index in [1.54, 1.807) is 29.2 Å². The third-order valence-electron chi connectivity index (χ3n) is 4.99. The Kier molecular flexibility index (Phi) is 6.03. The Morgan fingerprint density at radius 1 is 1.18 bits per heavy atom. The number of likely N-dealkylation sites (N-methyl/N-ethyl adjacent to an activating group) is 1. The second-order valence-electron chi connectivity index (χ2n) is 7.09. The van der Waals surface area contributed by atoms with E-state index in [1.807, 2.05) is 13.2 Å². The summed E-state index contributed by atoms with van der Waals surface area (Å²) in [4.78, 5) is 27.3. The lowest BCUT2D eigenvalue weighted by Gasteiger charge is -2.25. The van der Waals surface area contributed by atoms with E-state index in [2.05, 4.69) is 25.4 Å². The molecule has 0 bridgehead atoms. The largest absolute Gasteiger partial charge is 0.497 e. The van der Waals surface area contributed by atoms with E-state index in [0.29, 0.717) is 28.4 Å². The molecule has 11 heteroatoms. The minimum atomic E-state index is -0.653. The molecule has 170 valence electrons. The Balaban J connectivity index is 1.85. The van der Waals surface area contributed by atoms with E-state index in [9.17, 15) is 4.79 Å². The van der Waals surface area contributed by atoms with Crippen LogP contribution in [0.1, 0.15) is 0 Å². The van der Waals surface area contributed by atoms with Gasteiger partial charge in [-0.1, -0.05) is 0 Å². The van der Waals surface area contributed by atoms with Gasteiger partial charge in [0.15, 0.2) is 17.2 Å². The van der Waals surface area contributed by atoms with Crippen molar-refractivity contribution < 1.29 is 18.7 Å². The summed E-state index contributed by atoms with van der Waals surface area (Å²) >= 11 is 0. The van der Waals surface area contributed by atoms with E-state index < -0.39 is 5.82 Å². The molecule has 0 fully saturated rings. The van der Waals surface area contributed by atoms with Crippen LogP contribution in [-0.2, 0) is 11.8 Å². The lowest BCUT2D eigenvalue weighted by atomic mass is 10.2. The fourth-order valence-electron chi connectivity index (χ4n) is 3.26. The summed E-state index contributed by atoms with van der Waals surface area (Å²) in [6.07, 6.45) is 5.13. The average molecular weight is 451 g/mol. The Morgan fingerprint density at radius 2 is 2.00 bits per heavy atom. The maximum absolute atomic E-state index is 15.3. The Hall–Kier alpha value is -4.28. The number of aromatic nitrogens is 5. The first-order valence-electron chi connectivity index (χ1n) is 9.96. The molecule has 1 N–H and O–H groups in total. The van der Waals surface area contributed by atoms with Crippen LogP contribution in [0.15, 0.2) is 42.9 Å². The van der Waals surface area contributed by atoms with Gasteiger partial charge in [-0.3, -0.25) is 14.5 Å². The average Bonchev–Trinajstić information content (AvgIpc) is 3.28. The number of carbonyl (C=O) groups excluding carboxylic acids is 1. The summed E-state index contributed by atoms with van der Waals surface area (Å²) < 4.78 is 27.4. The van der Waals surface area contributed by atoms with Crippen molar-refractivity contribution in [2.24, 2.45) is 7.05 Å². The standard InChI is InChI=1S/C22H22FN7O3/c1-24-20(31)12-30(17-7-14(32-3)8-18(33-4)21(17)23)19-6-5-15-22(28-19)27-16(10-25-15)13-9-26-29(2)11-13/h5-11H,12H2,1-4H3,(H,24,31). The zero-order chi connectivity index (χ0) is 23.5. The van der Waals surface area contributed by atoms with Crippen molar-refractivity contribution in [1.82, 2.24) is 30.0 Å². The van der Waals surface area contributed by atoms with Gasteiger partial charge in [0.1, 0.15) is 23.6 Å². The number of rotatable bonds is 7. The highest BCUT2D eigenvalue weighted by Crippen LogP contribution is 2.36. The number of fused-ring (bicyclic) bond motifs is 1. The first-order chi connectivity index (χ1) is 15.9. The molecule has 0 atom stereocenters. The first-order valence-corrected chi connectivity index (χ1v) is 9.96. The lowest BCUT2D eigenvalue weighted by molar-refractivity contribution is -0.119. The summed E-state index contributed by atoms with van der Waals surface area (Å²) in [6.45, 7) is -0.196. The van der Waals surface area contributed by atoms with Crippen LogP contribution in [0.3, 0.4) is 0 Å². The summed E-state index contributed by atoms with van der Waals surface area (Å²) in [7, 11) is 6.13. The van der Waals surface area contributed by atoms with E-state index >= 15 is 4.39 Å². The van der Waals surface area contributed by atoms with Gasteiger partial charge in [0.25, 0.3) is 0 Å². The SMILES string of the molecule is CNC(=O)CN(c1ccc2ncc(-c3cnn(C)c3)nc2n1)c1cc(OC)cc(OC)c1F. The summed E-state index contributed by atoms with van der Waals surface area (Å²) in [5.41, 5.74) is 2.33. The van der Waals surface area contributed by atoms with Gasteiger partial charge < -0.3 is 19.7 Å². The van der Waals surface area contributed by atoms with Crippen LogP contribution >= 0.6 is 0 Å². The molecule has 0 saturated carbocycles. The zero-order valence-corrected chi connectivity index (χ0v) is 18.5. The highest BCUT2D eigenvalue weighted by atomic mass is 19.1. The number of benzene rings is 1. The van der Waals surface area contributed by atoms with Crippen LogP contribution in [0.25, 0.3) is 22.4 Å². The van der Waals surface area contributed by atoms with E-state index in [-0.39, 0.29) is 23.9 Å². The second-order valence-corrected chi connectivity index (χ2v) is 7.09. The number of pyridine rings is 1. The predicted octanol–water partition coefficient (Wildman–Crippen LogP) is 2.47. The molecule has 3 aromatic heterocycles. The summed E-state index contributed by atoms with van der Waals surface area (Å²) in [6, 6.07) is 6.26. The van der Waals surface area contributed by atoms with Gasteiger partial charge in [-0.25, -0.2) is 14.4 Å². The molecule has 0 aliphatic carbocycles. The minimum absolute atomic E-state index is 0.0225. The van der Waals surface area contributed by atoms with Crippen molar-refractivity contribution in [2.75, 3.05) is 32.7 Å². The van der Waals surface area contributed by atoms with Crippen LogP contribution in [0, 0.1) is 5.82 Å². The van der Waals surface area contributed by atoms with E-state index in [1.165, 1.54) is 38.3 Å². The highest BCUT2D eigenvalue weighted by molar-refractivity contribution is 5.85. The number of carbonyl (C=O) groups is 1. The number of methoxy groups -OCH3 is 2. The van der Waals surface area contributed by atoms with Crippen LogP contribution in [0.5, 0.6) is 11.5 Å². The molecule has 0 radical (unpaired) electrons. The van der Waals surface area contributed by atoms with Crippen molar-refractivity contribution in [2.45, 2.75) is 0 Å². The molecule has 0 unspecified atom stereocenters. The Bertz CT molecular complexity index is 1320. The van der Waals surface area contributed by atoms with Crippen molar-refractivity contribution in [3.63, 3.8) is 0 Å². The third-order valence-corrected chi connectivity index (χ3v) is 4.99. The molecule has 0 saturated heterocycles. The number of hydrogen-bond acceptors (Lipinski definition) is 8. The monoisotopic (exact) mass is 451 g/mol. The van der Waals surface area contributed by atoms with Crippen LogP contribution in [0.2, 0.25) is 0 Å². The normalized spacial score (nSPS) is 10.8. The fourth-order valence-corrected chi connectivity index (χ4v) is 3.26. The molecule has 33 heavy (non-hydrogen) atoms. The van der Waals surface area contributed by atoms with Gasteiger partial charge in [0, 0.05) is 38.0 Å². The molecule has 3 heterocycles. The second kappa shape index (κ2) is 9.07. The molecular weight excluding hydrogens is 429 g/mol. The van der Waals surface area contributed by atoms with Gasteiger partial charge >= 0.3 is 0 Å². The Labute approximate surface area is 189 Å². The third kappa shape index (κ3) is 4.38. The van der Waals surface area contributed by atoms with Crippen LogP contribution in [0.4, 0.5) is 15.9 Å². The van der Waals surface area contributed by atoms with Gasteiger partial charge in [0.2, 0.25) is 5.91 Å². The van der Waals surface area contributed by atoms with E-state index in [0.717, 1.165) is 5.56 Å². The lowest BCUT2D eigenvalue weighted by Crippen LogP contribution is -2.33. The van der Waals surface area contributed by atoms with Gasteiger partial charge in [-0.15, -0.1) is 0 Å². The number of amides is 1. The number of halogens is 1. The molecule has 4 rings (SSSR count). The topological polar surface area (TPSA) is 107 Å². The maximum Gasteiger partial charge on any atom is 0.239 e. The quantitative estimate of drug-likeness (QED) is 0.457. The first kappa shape index (κ1) is 21.9. The molecule has 4 aromatic rings. The van der Waals surface area contributed by atoms with Crippen LogP contribution in [-0.4, -0.2) is 58.5 Å². The maximum atomic E-state index is 15.3. The minimum Gasteiger partial charge on any atom is -0.497 e. The molecule has 0 spiro atoms. The molecule has 1 aromatic carbocycles. The number of aryl methyl sites for hydroxylation is 1. The smallest absolute Gasteiger partial charge is 0.239 e. The highest BCUT2D eigenvalue weighted by Gasteiger charge is 2.23. The van der Waals surface area contributed by atoms with Crippen molar-refractivity contribution in [1.29, 1.82) is 0 Å². The number of ether oxygens (including phenoxy) is 2. The zero-order valence-electron chi connectivity index (χ0n) is 18.5. The predicted molar refractivity (Wildman–Crippen MR) is 120 cm³/mol. The van der Waals surface area contributed by atoms with Crippen molar-refractivity contribution in [3.05, 3.63) is 48.7 Å². The van der Waals surface area contributed by atoms with E-state index in [4.69, 9.17) is 9.47 Å². The van der Waals surface area contributed by atoms with Crippen molar-refractivity contribution in [3.8, 4) is 22.8 Å². The van der Waals surface area contributed by atoms with Gasteiger partial charge in [0.05, 0.1) is 38.0 Å². The summed E-state index contributed by atoms with van der Waals surface area (Å²) in [5.74, 6) is -0.346. The van der Waals surface area contributed by atoms with Crippen molar-refractivity contribution >= 4 is 28.6 Å². The molecular formula is C22H22FN7O3. The number of hydrogen-bond donors (Lipinski definition) is 1. The molecule has 10 nitrogen and oxygen atoms in total. The molecule has 1 amide bonds. The number of nitrogens with one attached hydrogen (secondary N) is 1. The molecule has 0 aliphatic rings. The fraction of sp³-hybridized carbons (Fsp3) is 0.227. The summed E-state index contributed by atoms with van der Waals surface area (Å²) in [5, 5.41) is 6.70. The van der Waals surface area contributed by atoms with Gasteiger partial charge in [-0.2, -0.15) is 5.10 Å². The van der Waals surface area contributed by atoms with Crippen LogP contribution < -0.4 is 19.7 Å². The number of anilines is 2.